The molecular weight excluding hydrogens is 370 g/mol. The Bertz CT molecular complexity index is 851. The van der Waals surface area contributed by atoms with Crippen molar-refractivity contribution in [1.29, 1.82) is 0 Å². The van der Waals surface area contributed by atoms with Gasteiger partial charge in [-0.05, 0) is 30.3 Å². The van der Waals surface area contributed by atoms with E-state index in [-0.39, 0.29) is 17.0 Å². The van der Waals surface area contributed by atoms with Crippen LogP contribution in [0, 0.1) is 11.6 Å². The van der Waals surface area contributed by atoms with Gasteiger partial charge < -0.3 is 0 Å². The number of hydrogen-bond acceptors (Lipinski definition) is 3. The fourth-order valence-corrected chi connectivity index (χ4v) is 4.34. The highest BCUT2D eigenvalue weighted by Gasteiger charge is 2.28. The van der Waals surface area contributed by atoms with Gasteiger partial charge in [0.05, 0.1) is 4.90 Å². The van der Waals surface area contributed by atoms with E-state index in [0.29, 0.717) is 31.2 Å². The molecule has 0 radical (unpaired) electrons. The van der Waals surface area contributed by atoms with Crippen LogP contribution in [0.3, 0.4) is 0 Å². The van der Waals surface area contributed by atoms with Crippen LogP contribution in [0.15, 0.2) is 47.4 Å². The summed E-state index contributed by atoms with van der Waals surface area (Å²) in [6.45, 7) is 1.73. The van der Waals surface area contributed by atoms with Crippen LogP contribution < -0.4 is 0 Å². The number of nitrogens with zero attached hydrogens (tertiary/aromatic N) is 2. The Kier molecular flexibility index (Phi) is 5.38. The Labute approximate surface area is 150 Å². The summed E-state index contributed by atoms with van der Waals surface area (Å²) >= 11 is 5.80. The van der Waals surface area contributed by atoms with Crippen molar-refractivity contribution in [1.82, 2.24) is 9.21 Å². The van der Waals surface area contributed by atoms with E-state index in [1.165, 1.54) is 40.7 Å². The van der Waals surface area contributed by atoms with E-state index < -0.39 is 21.7 Å². The normalized spacial score (nSPS) is 16.9. The standard InChI is InChI=1S/C17H17ClF2N2O2S/c18-14-4-6-15(7-5-14)25(23,24)22-10-8-21(9-11-22)12-13-2-1-3-16(19)17(13)20/h1-7H,8-12H2. The third kappa shape index (κ3) is 4.00. The molecule has 0 aromatic heterocycles. The lowest BCUT2D eigenvalue weighted by atomic mass is 10.2. The Balaban J connectivity index is 1.65. The maximum absolute atomic E-state index is 13.8. The number of halogens is 3. The lowest BCUT2D eigenvalue weighted by Crippen LogP contribution is -2.48. The zero-order valence-electron chi connectivity index (χ0n) is 13.3. The van der Waals surface area contributed by atoms with Crippen molar-refractivity contribution < 1.29 is 17.2 Å². The van der Waals surface area contributed by atoms with Crippen LogP contribution in [0.25, 0.3) is 0 Å². The minimum Gasteiger partial charge on any atom is -0.296 e. The Morgan fingerprint density at radius 1 is 0.960 bits per heavy atom. The number of piperazine rings is 1. The van der Waals surface area contributed by atoms with Crippen molar-refractivity contribution in [2.75, 3.05) is 26.2 Å². The quantitative estimate of drug-likeness (QED) is 0.810. The lowest BCUT2D eigenvalue weighted by Gasteiger charge is -2.34. The number of rotatable bonds is 4. The predicted octanol–water partition coefficient (Wildman–Crippen LogP) is 3.12. The van der Waals surface area contributed by atoms with Gasteiger partial charge in [0.25, 0.3) is 0 Å². The smallest absolute Gasteiger partial charge is 0.243 e. The molecule has 25 heavy (non-hydrogen) atoms. The lowest BCUT2D eigenvalue weighted by molar-refractivity contribution is 0.179. The zero-order chi connectivity index (χ0) is 18.0. The van der Waals surface area contributed by atoms with E-state index >= 15 is 0 Å². The van der Waals surface area contributed by atoms with E-state index in [1.54, 1.807) is 0 Å². The molecule has 0 amide bonds. The Morgan fingerprint density at radius 3 is 2.24 bits per heavy atom. The maximum atomic E-state index is 13.8. The molecule has 0 bridgehead atoms. The van der Waals surface area contributed by atoms with Crippen molar-refractivity contribution in [2.24, 2.45) is 0 Å². The summed E-state index contributed by atoms with van der Waals surface area (Å²) in [5, 5.41) is 0.473. The van der Waals surface area contributed by atoms with Crippen molar-refractivity contribution in [2.45, 2.75) is 11.4 Å². The van der Waals surface area contributed by atoms with Gasteiger partial charge in [0.2, 0.25) is 10.0 Å². The summed E-state index contributed by atoms with van der Waals surface area (Å²) < 4.78 is 53.7. The molecule has 2 aromatic carbocycles. The fourth-order valence-electron chi connectivity index (χ4n) is 2.80. The van der Waals surface area contributed by atoms with Crippen molar-refractivity contribution in [3.8, 4) is 0 Å². The van der Waals surface area contributed by atoms with Gasteiger partial charge >= 0.3 is 0 Å². The van der Waals surface area contributed by atoms with E-state index in [2.05, 4.69) is 0 Å². The second-order valence-corrected chi connectivity index (χ2v) is 8.22. The number of hydrogen-bond donors (Lipinski definition) is 0. The first kappa shape index (κ1) is 18.3. The van der Waals surface area contributed by atoms with Crippen molar-refractivity contribution >= 4 is 21.6 Å². The van der Waals surface area contributed by atoms with Gasteiger partial charge in [0.15, 0.2) is 11.6 Å². The molecule has 3 rings (SSSR count). The molecule has 0 aliphatic carbocycles. The van der Waals surface area contributed by atoms with Crippen LogP contribution >= 0.6 is 11.6 Å². The average molecular weight is 387 g/mol. The largest absolute Gasteiger partial charge is 0.296 e. The fraction of sp³-hybridized carbons (Fsp3) is 0.294. The van der Waals surface area contributed by atoms with Gasteiger partial charge in [-0.15, -0.1) is 0 Å². The van der Waals surface area contributed by atoms with Gasteiger partial charge in [0, 0.05) is 43.3 Å². The van der Waals surface area contributed by atoms with Gasteiger partial charge in [-0.25, -0.2) is 17.2 Å². The summed E-state index contributed by atoms with van der Waals surface area (Å²) in [6, 6.07) is 10.1. The average Bonchev–Trinajstić information content (AvgIpc) is 2.60. The molecule has 1 aliphatic heterocycles. The first-order valence-corrected chi connectivity index (χ1v) is 9.61. The summed E-state index contributed by atoms with van der Waals surface area (Å²) in [7, 11) is -3.58. The second kappa shape index (κ2) is 7.37. The third-order valence-electron chi connectivity index (χ3n) is 4.21. The molecule has 1 saturated heterocycles. The molecule has 4 nitrogen and oxygen atoms in total. The molecule has 0 spiro atoms. The number of sulfonamides is 1. The van der Waals surface area contributed by atoms with E-state index in [4.69, 9.17) is 11.6 Å². The maximum Gasteiger partial charge on any atom is 0.243 e. The first-order valence-electron chi connectivity index (χ1n) is 7.79. The zero-order valence-corrected chi connectivity index (χ0v) is 14.9. The minimum absolute atomic E-state index is 0.196. The molecule has 1 aliphatic rings. The van der Waals surface area contributed by atoms with Gasteiger partial charge in [-0.2, -0.15) is 4.31 Å². The van der Waals surface area contributed by atoms with Gasteiger partial charge in [-0.3, -0.25) is 4.90 Å². The Morgan fingerprint density at radius 2 is 1.60 bits per heavy atom. The van der Waals surface area contributed by atoms with E-state index in [9.17, 15) is 17.2 Å². The summed E-state index contributed by atoms with van der Waals surface area (Å²) in [5.41, 5.74) is 0.272. The number of benzene rings is 2. The van der Waals surface area contributed by atoms with Crippen LogP contribution in [0.2, 0.25) is 5.02 Å². The minimum atomic E-state index is -3.58. The monoisotopic (exact) mass is 386 g/mol. The molecule has 0 atom stereocenters. The summed E-state index contributed by atoms with van der Waals surface area (Å²) in [5.74, 6) is -1.72. The van der Waals surface area contributed by atoms with Crippen LogP contribution in [-0.4, -0.2) is 43.8 Å². The molecule has 134 valence electrons. The van der Waals surface area contributed by atoms with Crippen LogP contribution in [0.1, 0.15) is 5.56 Å². The SMILES string of the molecule is O=S(=O)(c1ccc(Cl)cc1)N1CCN(Cc2cccc(F)c2F)CC1. The van der Waals surface area contributed by atoms with Crippen molar-refractivity contribution in [3.63, 3.8) is 0 Å². The first-order chi connectivity index (χ1) is 11.9. The van der Waals surface area contributed by atoms with Crippen molar-refractivity contribution in [3.05, 3.63) is 64.7 Å². The molecule has 0 saturated carbocycles. The Hall–Kier alpha value is -1.54. The molecule has 1 heterocycles. The topological polar surface area (TPSA) is 40.6 Å². The van der Waals surface area contributed by atoms with Gasteiger partial charge in [-0.1, -0.05) is 23.7 Å². The van der Waals surface area contributed by atoms with E-state index in [0.717, 1.165) is 6.07 Å². The summed E-state index contributed by atoms with van der Waals surface area (Å²) in [4.78, 5) is 2.10. The second-order valence-electron chi connectivity index (χ2n) is 5.85. The van der Waals surface area contributed by atoms with Crippen LogP contribution in [0.4, 0.5) is 8.78 Å². The molecule has 1 fully saturated rings. The highest BCUT2D eigenvalue weighted by atomic mass is 35.5. The molecule has 0 unspecified atom stereocenters. The summed E-state index contributed by atoms with van der Waals surface area (Å²) in [6.07, 6.45) is 0. The third-order valence-corrected chi connectivity index (χ3v) is 6.37. The van der Waals surface area contributed by atoms with Crippen LogP contribution in [0.5, 0.6) is 0 Å². The molecule has 0 N–H and O–H groups in total. The molecule has 8 heteroatoms. The highest BCUT2D eigenvalue weighted by Crippen LogP contribution is 2.21. The van der Waals surface area contributed by atoms with Crippen LogP contribution in [-0.2, 0) is 16.6 Å². The predicted molar refractivity (Wildman–Crippen MR) is 91.8 cm³/mol. The highest BCUT2D eigenvalue weighted by molar-refractivity contribution is 7.89. The molecular formula is C17H17ClF2N2O2S. The van der Waals surface area contributed by atoms with E-state index in [1.807, 2.05) is 4.90 Å². The van der Waals surface area contributed by atoms with Gasteiger partial charge in [0.1, 0.15) is 0 Å². The molecule has 2 aromatic rings.